The summed E-state index contributed by atoms with van der Waals surface area (Å²) >= 11 is 0. The van der Waals surface area contributed by atoms with E-state index in [9.17, 15) is 24.3 Å². The minimum Gasteiger partial charge on any atom is -0.455 e. The van der Waals surface area contributed by atoms with E-state index in [1.54, 1.807) is 17.1 Å². The van der Waals surface area contributed by atoms with Gasteiger partial charge in [0.05, 0.1) is 43.2 Å². The normalized spacial score (nSPS) is 24.3. The number of carbonyl (C=O) groups excluding carboxylic acids is 4. The van der Waals surface area contributed by atoms with Crippen LogP contribution in [0.1, 0.15) is 64.5 Å². The number of fused-ring (bicyclic) bond motifs is 1. The van der Waals surface area contributed by atoms with Crippen LogP contribution >= 0.6 is 0 Å². The van der Waals surface area contributed by atoms with Gasteiger partial charge in [0.1, 0.15) is 17.7 Å². The first-order valence-electron chi connectivity index (χ1n) is 19.2. The number of aliphatic hydroxyl groups excluding tert-OH is 1. The molecule has 8 atom stereocenters. The molecule has 3 aliphatic rings. The Hall–Kier alpha value is -4.52. The third kappa shape index (κ3) is 7.83. The molecule has 2 aromatic carbocycles. The van der Waals surface area contributed by atoms with E-state index >= 15 is 0 Å². The standard InChI is InChI=1S/C42H56N4O8/c1-7-12-18-34(48)43-32(27-52-6)37(28-16-14-13-15-17-28)53-41(51)35-33-23-24-42(54-33)36(35)39(49)46(29(9-3)26-47)38(42)40(50)45(25-8-2)31-21-19-30(20-22-31)44(10-4)11-5/h7-8,13-17,19-22,29,32-33,35-38,47H,1-2,9-12,18,23-27H2,3-6H3,(H,43,48)/t29-,32-,33+,35-,36-,37-,38+,42-/m0/s1. The molecule has 0 radical (unpaired) electrons. The van der Waals surface area contributed by atoms with E-state index in [1.165, 1.54) is 12.0 Å². The molecule has 1 spiro atoms. The van der Waals surface area contributed by atoms with E-state index in [4.69, 9.17) is 14.2 Å². The Labute approximate surface area is 319 Å². The van der Waals surface area contributed by atoms with Crippen molar-refractivity contribution in [2.24, 2.45) is 11.8 Å². The van der Waals surface area contributed by atoms with Crippen LogP contribution in [0.25, 0.3) is 0 Å². The number of aliphatic hydroxyl groups is 1. The van der Waals surface area contributed by atoms with Gasteiger partial charge < -0.3 is 39.3 Å². The lowest BCUT2D eigenvalue weighted by Crippen LogP contribution is -2.59. The fraction of sp³-hybridized carbons (Fsp3) is 0.524. The van der Waals surface area contributed by atoms with Crippen LogP contribution in [0.3, 0.4) is 0 Å². The minimum atomic E-state index is -1.32. The first-order chi connectivity index (χ1) is 26.1. The number of anilines is 2. The molecule has 5 rings (SSSR count). The number of benzene rings is 2. The van der Waals surface area contributed by atoms with E-state index in [-0.39, 0.29) is 38.0 Å². The summed E-state index contributed by atoms with van der Waals surface area (Å²) in [6, 6.07) is 14.3. The smallest absolute Gasteiger partial charge is 0.313 e. The SMILES string of the molecule is C=CCCC(=O)N[C@@H](COC)[C@@H](OC(=O)[C@@H]1[C@H]2C(=O)N([C@@H](CC)CO)[C@H](C(=O)N(CC=C)c3ccc(N(CC)CC)cc3)[C@]23CC[C@H]1O3)c1ccccc1. The molecule has 3 aliphatic heterocycles. The van der Waals surface area contributed by atoms with Gasteiger partial charge in [-0.2, -0.15) is 0 Å². The average Bonchev–Trinajstić information content (AvgIpc) is 3.84. The summed E-state index contributed by atoms with van der Waals surface area (Å²) in [5.41, 5.74) is 0.975. The first-order valence-corrected chi connectivity index (χ1v) is 19.2. The number of ether oxygens (including phenoxy) is 3. The van der Waals surface area contributed by atoms with Crippen LogP contribution < -0.4 is 15.1 Å². The van der Waals surface area contributed by atoms with Crippen LogP contribution in [0.2, 0.25) is 0 Å². The molecule has 3 fully saturated rings. The predicted molar refractivity (Wildman–Crippen MR) is 207 cm³/mol. The molecule has 2 bridgehead atoms. The lowest BCUT2D eigenvalue weighted by Gasteiger charge is -2.39. The van der Waals surface area contributed by atoms with Crippen LogP contribution in [0.5, 0.6) is 0 Å². The summed E-state index contributed by atoms with van der Waals surface area (Å²) in [6.45, 7) is 15.2. The lowest BCUT2D eigenvalue weighted by atomic mass is 9.70. The number of nitrogens with one attached hydrogen (secondary N) is 1. The zero-order valence-corrected chi connectivity index (χ0v) is 32.0. The molecule has 2 aromatic rings. The summed E-state index contributed by atoms with van der Waals surface area (Å²) in [6.07, 6.45) is 3.55. The molecule has 0 aromatic heterocycles. The molecule has 3 saturated heterocycles. The van der Waals surface area contributed by atoms with Crippen molar-refractivity contribution >= 4 is 35.1 Å². The van der Waals surface area contributed by atoms with Crippen molar-refractivity contribution in [2.45, 2.75) is 88.8 Å². The highest BCUT2D eigenvalue weighted by Gasteiger charge is 2.75. The number of carbonyl (C=O) groups is 4. The van der Waals surface area contributed by atoms with Crippen molar-refractivity contribution in [3.8, 4) is 0 Å². The second-order valence-corrected chi connectivity index (χ2v) is 14.2. The maximum absolute atomic E-state index is 15.0. The summed E-state index contributed by atoms with van der Waals surface area (Å²) in [5.74, 6) is -3.73. The largest absolute Gasteiger partial charge is 0.455 e. The second kappa shape index (κ2) is 18.2. The number of rotatable bonds is 20. The predicted octanol–water partition coefficient (Wildman–Crippen LogP) is 4.58. The van der Waals surface area contributed by atoms with Gasteiger partial charge in [-0.1, -0.05) is 49.4 Å². The van der Waals surface area contributed by atoms with Crippen molar-refractivity contribution in [3.05, 3.63) is 85.5 Å². The third-order valence-corrected chi connectivity index (χ3v) is 11.2. The topological polar surface area (TPSA) is 138 Å². The molecule has 12 heteroatoms. The monoisotopic (exact) mass is 744 g/mol. The molecule has 12 nitrogen and oxygen atoms in total. The summed E-state index contributed by atoms with van der Waals surface area (Å²) < 4.78 is 18.5. The highest BCUT2D eigenvalue weighted by atomic mass is 16.6. The molecular weight excluding hydrogens is 688 g/mol. The van der Waals surface area contributed by atoms with Gasteiger partial charge in [-0.25, -0.2) is 0 Å². The third-order valence-electron chi connectivity index (χ3n) is 11.2. The van der Waals surface area contributed by atoms with E-state index in [0.29, 0.717) is 36.9 Å². The van der Waals surface area contributed by atoms with Gasteiger partial charge in [-0.15, -0.1) is 13.2 Å². The number of amides is 3. The molecule has 3 heterocycles. The van der Waals surface area contributed by atoms with Crippen LogP contribution in [-0.2, 0) is 33.4 Å². The van der Waals surface area contributed by atoms with Crippen LogP contribution in [0.4, 0.5) is 11.4 Å². The van der Waals surface area contributed by atoms with E-state index in [1.807, 2.05) is 61.5 Å². The second-order valence-electron chi connectivity index (χ2n) is 14.2. The number of allylic oxidation sites excluding steroid dienone is 1. The zero-order chi connectivity index (χ0) is 39.0. The van der Waals surface area contributed by atoms with Crippen molar-refractivity contribution in [3.63, 3.8) is 0 Å². The number of likely N-dealkylation sites (tertiary alicyclic amines) is 1. The van der Waals surface area contributed by atoms with E-state index < -0.39 is 59.6 Å². The van der Waals surface area contributed by atoms with Gasteiger partial charge in [0.2, 0.25) is 11.8 Å². The maximum atomic E-state index is 15.0. The Kier molecular flexibility index (Phi) is 13.7. The van der Waals surface area contributed by atoms with Gasteiger partial charge in [0.15, 0.2) is 0 Å². The highest BCUT2D eigenvalue weighted by Crippen LogP contribution is 2.59. The Morgan fingerprint density at radius 1 is 1.06 bits per heavy atom. The number of esters is 1. The molecular formula is C42H56N4O8. The molecule has 0 saturated carbocycles. The van der Waals surface area contributed by atoms with Gasteiger partial charge in [0, 0.05) is 44.5 Å². The van der Waals surface area contributed by atoms with Crippen molar-refractivity contribution in [1.29, 1.82) is 0 Å². The van der Waals surface area contributed by atoms with Crippen LogP contribution in [0.15, 0.2) is 79.9 Å². The Morgan fingerprint density at radius 2 is 1.74 bits per heavy atom. The number of hydrogen-bond donors (Lipinski definition) is 2. The first kappa shape index (κ1) is 40.7. The zero-order valence-electron chi connectivity index (χ0n) is 32.0. The molecule has 3 amide bonds. The van der Waals surface area contributed by atoms with Crippen molar-refractivity contribution in [2.75, 3.05) is 49.8 Å². The Balaban J connectivity index is 1.51. The quantitative estimate of drug-likeness (QED) is 0.148. The lowest BCUT2D eigenvalue weighted by molar-refractivity contribution is -0.163. The van der Waals surface area contributed by atoms with Gasteiger partial charge >= 0.3 is 5.97 Å². The fourth-order valence-corrected chi connectivity index (χ4v) is 8.60. The molecule has 0 aliphatic carbocycles. The van der Waals surface area contributed by atoms with Crippen LogP contribution in [0, 0.1) is 11.8 Å². The number of hydrogen-bond acceptors (Lipinski definition) is 9. The van der Waals surface area contributed by atoms with Gasteiger partial charge in [-0.3, -0.25) is 19.2 Å². The Bertz CT molecular complexity index is 1630. The van der Waals surface area contributed by atoms with Crippen molar-refractivity contribution in [1.82, 2.24) is 10.2 Å². The summed E-state index contributed by atoms with van der Waals surface area (Å²) in [7, 11) is 1.50. The number of nitrogens with zero attached hydrogens (tertiary/aromatic N) is 3. The summed E-state index contributed by atoms with van der Waals surface area (Å²) in [4.78, 5) is 62.5. The van der Waals surface area contributed by atoms with E-state index in [0.717, 1.165) is 18.8 Å². The maximum Gasteiger partial charge on any atom is 0.313 e. The Morgan fingerprint density at radius 3 is 2.33 bits per heavy atom. The molecule has 2 N–H and O–H groups in total. The van der Waals surface area contributed by atoms with Crippen LogP contribution in [-0.4, -0.2) is 103 Å². The van der Waals surface area contributed by atoms with Crippen molar-refractivity contribution < 1.29 is 38.5 Å². The van der Waals surface area contributed by atoms with Gasteiger partial charge in [0.25, 0.3) is 5.91 Å². The molecule has 0 unspecified atom stereocenters. The molecule has 292 valence electrons. The minimum absolute atomic E-state index is 0.0532. The molecule has 54 heavy (non-hydrogen) atoms. The van der Waals surface area contributed by atoms with E-state index in [2.05, 4.69) is 37.2 Å². The highest BCUT2D eigenvalue weighted by molar-refractivity contribution is 6.05. The van der Waals surface area contributed by atoms with Gasteiger partial charge in [-0.05, 0) is 69.4 Å². The summed E-state index contributed by atoms with van der Waals surface area (Å²) in [5, 5.41) is 13.5. The fourth-order valence-electron chi connectivity index (χ4n) is 8.60. The number of methoxy groups -OCH3 is 1. The average molecular weight is 745 g/mol.